The van der Waals surface area contributed by atoms with Crippen LogP contribution in [0, 0.1) is 11.7 Å². The van der Waals surface area contributed by atoms with Crippen molar-refractivity contribution in [2.24, 2.45) is 5.92 Å². The van der Waals surface area contributed by atoms with Gasteiger partial charge in [-0.05, 0) is 31.2 Å². The maximum atomic E-state index is 15.4. The van der Waals surface area contributed by atoms with Crippen LogP contribution in [0.3, 0.4) is 0 Å². The van der Waals surface area contributed by atoms with Crippen molar-refractivity contribution < 1.29 is 26.4 Å². The molecule has 0 unspecified atom stereocenters. The molecule has 2 fully saturated rings. The first-order valence-corrected chi connectivity index (χ1v) is 13.3. The number of hydrogen-bond acceptors (Lipinski definition) is 6. The number of benzene rings is 1. The average molecular weight is 512 g/mol. The number of aromatic nitrogens is 2. The van der Waals surface area contributed by atoms with Gasteiger partial charge in [0.1, 0.15) is 6.33 Å². The number of sulfonamides is 1. The molecule has 1 aliphatic heterocycles. The second kappa shape index (κ2) is 9.73. The monoisotopic (exact) mass is 511 g/mol. The van der Waals surface area contributed by atoms with Gasteiger partial charge in [-0.3, -0.25) is 4.79 Å². The first-order chi connectivity index (χ1) is 16.4. The van der Waals surface area contributed by atoms with Gasteiger partial charge < -0.3 is 10.2 Å². The van der Waals surface area contributed by atoms with E-state index in [1.807, 2.05) is 0 Å². The Morgan fingerprint density at radius 1 is 1.14 bits per heavy atom. The summed E-state index contributed by atoms with van der Waals surface area (Å²) in [5.74, 6) is -4.79. The Morgan fingerprint density at radius 2 is 1.77 bits per heavy atom. The minimum atomic E-state index is -3.32. The van der Waals surface area contributed by atoms with E-state index in [0.29, 0.717) is 12.8 Å². The van der Waals surface area contributed by atoms with Gasteiger partial charge in [0.15, 0.2) is 11.6 Å². The molecule has 2 heterocycles. The van der Waals surface area contributed by atoms with E-state index in [0.717, 1.165) is 31.6 Å². The summed E-state index contributed by atoms with van der Waals surface area (Å²) in [6.07, 6.45) is 4.66. The number of nitrogens with one attached hydrogen (secondary N) is 1. The van der Waals surface area contributed by atoms with Crippen LogP contribution in [0.2, 0.25) is 0 Å². The Balaban J connectivity index is 1.47. The van der Waals surface area contributed by atoms with Gasteiger partial charge in [0.05, 0.1) is 6.26 Å². The van der Waals surface area contributed by atoms with E-state index in [1.165, 1.54) is 22.8 Å². The quantitative estimate of drug-likeness (QED) is 0.583. The van der Waals surface area contributed by atoms with Crippen molar-refractivity contribution in [3.63, 3.8) is 0 Å². The lowest BCUT2D eigenvalue weighted by Crippen LogP contribution is -2.41. The van der Waals surface area contributed by atoms with Gasteiger partial charge in [0, 0.05) is 44.1 Å². The molecule has 1 aromatic heterocycles. The van der Waals surface area contributed by atoms with Crippen LogP contribution in [-0.4, -0.2) is 54.0 Å². The summed E-state index contributed by atoms with van der Waals surface area (Å²) >= 11 is 0. The number of amides is 1. The Labute approximate surface area is 202 Å². The lowest BCUT2D eigenvalue weighted by atomic mass is 9.97. The van der Waals surface area contributed by atoms with E-state index in [4.69, 9.17) is 0 Å². The minimum Gasteiger partial charge on any atom is -0.347 e. The molecule has 1 N–H and O–H groups in total. The summed E-state index contributed by atoms with van der Waals surface area (Å²) in [5, 5.41) is 2.53. The fourth-order valence-electron chi connectivity index (χ4n) is 4.18. The maximum absolute atomic E-state index is 15.4. The highest BCUT2D eigenvalue weighted by molar-refractivity contribution is 7.88. The number of piperidine rings is 1. The minimum absolute atomic E-state index is 0.0367. The summed E-state index contributed by atoms with van der Waals surface area (Å²) in [6.45, 7) is 1.56. The number of carbonyl (C=O) groups excluding carboxylic acids is 1. The molecule has 190 valence electrons. The average Bonchev–Trinajstić information content (AvgIpc) is 3.64. The number of rotatable bonds is 8. The number of nitrogens with zero attached hydrogens (tertiary/aromatic N) is 4. The second-order valence-electron chi connectivity index (χ2n) is 9.23. The number of halogens is 3. The van der Waals surface area contributed by atoms with Crippen LogP contribution in [-0.2, 0) is 27.3 Å². The van der Waals surface area contributed by atoms with Crippen LogP contribution in [0.5, 0.6) is 0 Å². The van der Waals surface area contributed by atoms with Crippen LogP contribution >= 0.6 is 0 Å². The molecule has 0 atom stereocenters. The van der Waals surface area contributed by atoms with Crippen molar-refractivity contribution in [2.75, 3.05) is 29.6 Å². The van der Waals surface area contributed by atoms with Crippen molar-refractivity contribution in [3.8, 4) is 0 Å². The molecular formula is C23H28F3N5O3S. The molecule has 0 radical (unpaired) electrons. The Morgan fingerprint density at radius 3 is 2.31 bits per heavy atom. The zero-order valence-electron chi connectivity index (χ0n) is 19.5. The molecule has 1 aliphatic carbocycles. The molecule has 1 amide bonds. The third kappa shape index (κ3) is 6.10. The zero-order valence-corrected chi connectivity index (χ0v) is 20.4. The molecular weight excluding hydrogens is 483 g/mol. The fraction of sp³-hybridized carbons (Fsp3) is 0.522. The van der Waals surface area contributed by atoms with Gasteiger partial charge >= 0.3 is 0 Å². The smallest absolute Gasteiger partial charge is 0.270 e. The first kappa shape index (κ1) is 25.4. The van der Waals surface area contributed by atoms with Crippen molar-refractivity contribution in [2.45, 2.75) is 51.1 Å². The fourth-order valence-corrected chi connectivity index (χ4v) is 5.05. The predicted molar refractivity (Wildman–Crippen MR) is 125 cm³/mol. The lowest BCUT2D eigenvalue weighted by molar-refractivity contribution is -0.121. The van der Waals surface area contributed by atoms with Crippen LogP contribution in [0.4, 0.5) is 24.8 Å². The van der Waals surface area contributed by atoms with E-state index < -0.39 is 33.6 Å². The molecule has 1 saturated carbocycles. The number of alkyl halides is 2. The van der Waals surface area contributed by atoms with E-state index >= 15 is 4.39 Å². The molecule has 8 nitrogen and oxygen atoms in total. The molecule has 12 heteroatoms. The Bertz CT molecular complexity index is 1180. The summed E-state index contributed by atoms with van der Waals surface area (Å²) in [5.41, 5.74) is 0.631. The van der Waals surface area contributed by atoms with Crippen molar-refractivity contribution in [3.05, 3.63) is 47.5 Å². The highest BCUT2D eigenvalue weighted by Gasteiger charge is 2.34. The second-order valence-corrected chi connectivity index (χ2v) is 11.2. The van der Waals surface area contributed by atoms with Gasteiger partial charge in [0.2, 0.25) is 21.7 Å². The standard InChI is InChI=1S/C23H28F3N5O3S/c1-23(25,26)17-5-3-15(4-6-17)13-31(18-7-8-18)21-19(24)20(27-14-28-21)29-22(32)16-9-11-30(12-10-16)35(2,33)34/h3-6,14,16,18H,7-13H2,1-2H3,(H,27,28,29,32). The molecule has 4 rings (SSSR count). The number of hydrogen-bond donors (Lipinski definition) is 1. The highest BCUT2D eigenvalue weighted by atomic mass is 32.2. The topological polar surface area (TPSA) is 95.5 Å². The van der Waals surface area contributed by atoms with Crippen LogP contribution in [0.25, 0.3) is 0 Å². The molecule has 1 aromatic carbocycles. The van der Waals surface area contributed by atoms with Crippen LogP contribution in [0.15, 0.2) is 30.6 Å². The van der Waals surface area contributed by atoms with E-state index in [1.54, 1.807) is 17.0 Å². The van der Waals surface area contributed by atoms with Crippen molar-refractivity contribution in [1.82, 2.24) is 14.3 Å². The SMILES string of the molecule is CC(F)(F)c1ccc(CN(c2ncnc(NC(=O)C3CCN(S(C)(=O)=O)CC3)c2F)C2CC2)cc1. The first-order valence-electron chi connectivity index (χ1n) is 11.4. The summed E-state index contributed by atoms with van der Waals surface area (Å²) in [4.78, 5) is 22.5. The summed E-state index contributed by atoms with van der Waals surface area (Å²) in [6, 6.07) is 5.95. The van der Waals surface area contributed by atoms with Crippen LogP contribution in [0.1, 0.15) is 43.7 Å². The number of carbonyl (C=O) groups is 1. The highest BCUT2D eigenvalue weighted by Crippen LogP contribution is 2.35. The Kier molecular flexibility index (Phi) is 7.05. The molecule has 2 aliphatic rings. The zero-order chi connectivity index (χ0) is 25.4. The van der Waals surface area contributed by atoms with E-state index in [2.05, 4.69) is 15.3 Å². The molecule has 0 bridgehead atoms. The maximum Gasteiger partial charge on any atom is 0.270 e. The lowest BCUT2D eigenvalue weighted by Gasteiger charge is -2.29. The van der Waals surface area contributed by atoms with Gasteiger partial charge in [-0.15, -0.1) is 0 Å². The summed E-state index contributed by atoms with van der Waals surface area (Å²) in [7, 11) is -3.32. The third-order valence-corrected chi connectivity index (χ3v) is 7.68. The van der Waals surface area contributed by atoms with Crippen LogP contribution < -0.4 is 10.2 Å². The van der Waals surface area contributed by atoms with Crippen molar-refractivity contribution >= 4 is 27.6 Å². The van der Waals surface area contributed by atoms with E-state index in [9.17, 15) is 22.0 Å². The molecule has 0 spiro atoms. The van der Waals surface area contributed by atoms with Gasteiger partial charge in [0.25, 0.3) is 5.92 Å². The predicted octanol–water partition coefficient (Wildman–Crippen LogP) is 3.51. The molecule has 2 aromatic rings. The molecule has 1 saturated heterocycles. The summed E-state index contributed by atoms with van der Waals surface area (Å²) < 4.78 is 67.1. The van der Waals surface area contributed by atoms with Crippen molar-refractivity contribution in [1.29, 1.82) is 0 Å². The number of anilines is 2. The molecule has 35 heavy (non-hydrogen) atoms. The third-order valence-electron chi connectivity index (χ3n) is 6.38. The van der Waals surface area contributed by atoms with Gasteiger partial charge in [-0.2, -0.15) is 4.39 Å². The largest absolute Gasteiger partial charge is 0.347 e. The normalized spacial score (nSPS) is 17.9. The Hall–Kier alpha value is -2.73. The van der Waals surface area contributed by atoms with Gasteiger partial charge in [-0.25, -0.2) is 31.5 Å². The van der Waals surface area contributed by atoms with Gasteiger partial charge in [-0.1, -0.05) is 24.3 Å². The van der Waals surface area contributed by atoms with E-state index in [-0.39, 0.29) is 42.9 Å².